The van der Waals surface area contributed by atoms with Crippen LogP contribution in [0.3, 0.4) is 0 Å². The lowest BCUT2D eigenvalue weighted by atomic mass is 10.1. The van der Waals surface area contributed by atoms with Gasteiger partial charge in [0, 0.05) is 20.3 Å². The lowest BCUT2D eigenvalue weighted by molar-refractivity contribution is -0.114. The number of hydrogen-bond donors (Lipinski definition) is 2. The van der Waals surface area contributed by atoms with E-state index in [4.69, 9.17) is 0 Å². The molecule has 0 saturated carbocycles. The fourth-order valence-electron chi connectivity index (χ4n) is 2.13. The van der Waals surface area contributed by atoms with E-state index in [-0.39, 0.29) is 12.5 Å². The summed E-state index contributed by atoms with van der Waals surface area (Å²) in [5.74, 6) is -0.0742. The first-order valence-electron chi connectivity index (χ1n) is 6.52. The Balaban J connectivity index is 1.99. The van der Waals surface area contributed by atoms with Gasteiger partial charge >= 0.3 is 0 Å². The molecule has 2 rings (SSSR count). The second kappa shape index (κ2) is 7.09. The number of rotatable bonds is 4. The van der Waals surface area contributed by atoms with Crippen LogP contribution in [0, 0.1) is 13.8 Å². The van der Waals surface area contributed by atoms with E-state index < -0.39 is 0 Å². The minimum absolute atomic E-state index is 0.0742. The van der Waals surface area contributed by atoms with Gasteiger partial charge in [-0.1, -0.05) is 37.9 Å². The summed E-state index contributed by atoms with van der Waals surface area (Å²) in [7, 11) is 0. The highest BCUT2D eigenvalue weighted by atomic mass is 79.9. The van der Waals surface area contributed by atoms with Gasteiger partial charge < -0.3 is 10.6 Å². The van der Waals surface area contributed by atoms with Gasteiger partial charge in [-0.25, -0.2) is 0 Å². The number of aryl methyl sites for hydroxylation is 2. The minimum Gasteiger partial charge on any atom is -0.376 e. The van der Waals surface area contributed by atoms with Crippen molar-refractivity contribution in [1.29, 1.82) is 0 Å². The molecular formula is C16H16Br2N2O. The fraction of sp³-hybridized carbons (Fsp3) is 0.188. The number of hydrogen-bond acceptors (Lipinski definition) is 2. The van der Waals surface area contributed by atoms with Gasteiger partial charge in [0.2, 0.25) is 5.91 Å². The van der Waals surface area contributed by atoms with Crippen LogP contribution in [0.25, 0.3) is 0 Å². The van der Waals surface area contributed by atoms with Gasteiger partial charge in [-0.05, 0) is 55.3 Å². The number of anilines is 2. The van der Waals surface area contributed by atoms with Crippen molar-refractivity contribution in [3.63, 3.8) is 0 Å². The van der Waals surface area contributed by atoms with Crippen LogP contribution in [0.15, 0.2) is 45.3 Å². The molecule has 5 heteroatoms. The summed E-state index contributed by atoms with van der Waals surface area (Å²) in [6, 6.07) is 11.6. The van der Waals surface area contributed by atoms with E-state index in [2.05, 4.69) is 42.5 Å². The zero-order valence-electron chi connectivity index (χ0n) is 11.8. The summed E-state index contributed by atoms with van der Waals surface area (Å²) in [5, 5.41) is 6.06. The third-order valence-corrected chi connectivity index (χ3v) is 3.98. The number of benzene rings is 2. The molecule has 0 bridgehead atoms. The van der Waals surface area contributed by atoms with Crippen LogP contribution in [-0.2, 0) is 4.79 Å². The molecule has 0 radical (unpaired) electrons. The lowest BCUT2D eigenvalue weighted by Crippen LogP contribution is -2.22. The van der Waals surface area contributed by atoms with E-state index in [1.165, 1.54) is 0 Å². The van der Waals surface area contributed by atoms with Crippen LogP contribution in [0.5, 0.6) is 0 Å². The molecule has 2 aromatic rings. The number of carbonyl (C=O) groups excluding carboxylic acids is 1. The molecule has 21 heavy (non-hydrogen) atoms. The minimum atomic E-state index is -0.0742. The van der Waals surface area contributed by atoms with Crippen molar-refractivity contribution >= 4 is 49.1 Å². The van der Waals surface area contributed by atoms with Gasteiger partial charge in [0.25, 0.3) is 0 Å². The standard InChI is InChI=1S/C16H16Br2N2O/c1-10-6-13(18)7-11(2)16(10)19-9-15(21)20-14-5-3-4-12(17)8-14/h3-8,19H,9H2,1-2H3,(H,20,21). The van der Waals surface area contributed by atoms with Crippen LogP contribution < -0.4 is 10.6 Å². The molecule has 0 aliphatic carbocycles. The molecule has 0 atom stereocenters. The molecule has 2 N–H and O–H groups in total. The summed E-state index contributed by atoms with van der Waals surface area (Å²) in [6.45, 7) is 4.27. The Morgan fingerprint density at radius 2 is 1.71 bits per heavy atom. The van der Waals surface area contributed by atoms with Crippen LogP contribution >= 0.6 is 31.9 Å². The summed E-state index contributed by atoms with van der Waals surface area (Å²) in [5.41, 5.74) is 4.00. The van der Waals surface area contributed by atoms with Crippen LogP contribution in [-0.4, -0.2) is 12.5 Å². The predicted molar refractivity (Wildman–Crippen MR) is 94.9 cm³/mol. The topological polar surface area (TPSA) is 41.1 Å². The summed E-state index contributed by atoms with van der Waals surface area (Å²) in [4.78, 5) is 12.0. The normalized spacial score (nSPS) is 10.3. The first-order valence-corrected chi connectivity index (χ1v) is 8.10. The second-order valence-corrected chi connectivity index (χ2v) is 6.66. The van der Waals surface area contributed by atoms with E-state index in [0.29, 0.717) is 0 Å². The van der Waals surface area contributed by atoms with Crippen molar-refractivity contribution in [2.45, 2.75) is 13.8 Å². The maximum atomic E-state index is 12.0. The van der Waals surface area contributed by atoms with Gasteiger partial charge in [0.1, 0.15) is 0 Å². The average molecular weight is 412 g/mol. The lowest BCUT2D eigenvalue weighted by Gasteiger charge is -2.13. The highest BCUT2D eigenvalue weighted by molar-refractivity contribution is 9.10. The molecule has 0 aliphatic heterocycles. The highest BCUT2D eigenvalue weighted by Gasteiger charge is 2.07. The highest BCUT2D eigenvalue weighted by Crippen LogP contribution is 2.25. The molecule has 110 valence electrons. The number of nitrogens with one attached hydrogen (secondary N) is 2. The average Bonchev–Trinajstić information content (AvgIpc) is 2.37. The van der Waals surface area contributed by atoms with Gasteiger partial charge in [-0.3, -0.25) is 4.79 Å². The quantitative estimate of drug-likeness (QED) is 0.752. The Bertz CT molecular complexity index is 648. The first kappa shape index (κ1) is 16.0. The maximum absolute atomic E-state index is 12.0. The predicted octanol–water partition coefficient (Wildman–Crippen LogP) is 4.88. The molecule has 2 aromatic carbocycles. The molecule has 0 fully saturated rings. The third kappa shape index (κ3) is 4.58. The van der Waals surface area contributed by atoms with Gasteiger partial charge in [0.15, 0.2) is 0 Å². The van der Waals surface area contributed by atoms with Crippen molar-refractivity contribution in [3.05, 3.63) is 56.5 Å². The van der Waals surface area contributed by atoms with Crippen molar-refractivity contribution in [2.24, 2.45) is 0 Å². The Kier molecular flexibility index (Phi) is 5.42. The van der Waals surface area contributed by atoms with Gasteiger partial charge in [-0.2, -0.15) is 0 Å². The molecule has 3 nitrogen and oxygen atoms in total. The van der Waals surface area contributed by atoms with Crippen LogP contribution in [0.4, 0.5) is 11.4 Å². The van der Waals surface area contributed by atoms with Crippen LogP contribution in [0.1, 0.15) is 11.1 Å². The molecule has 0 spiro atoms. The Hall–Kier alpha value is -1.33. The summed E-state index contributed by atoms with van der Waals surface area (Å²) >= 11 is 6.85. The summed E-state index contributed by atoms with van der Waals surface area (Å²) < 4.78 is 1.98. The molecule has 0 aliphatic rings. The Labute approximate surface area is 141 Å². The largest absolute Gasteiger partial charge is 0.376 e. The van der Waals surface area contributed by atoms with E-state index >= 15 is 0 Å². The van der Waals surface area contributed by atoms with E-state index in [9.17, 15) is 4.79 Å². The van der Waals surface area contributed by atoms with Crippen molar-refractivity contribution in [1.82, 2.24) is 0 Å². The summed E-state index contributed by atoms with van der Waals surface area (Å²) in [6.07, 6.45) is 0. The monoisotopic (exact) mass is 410 g/mol. The third-order valence-electron chi connectivity index (χ3n) is 3.03. The zero-order chi connectivity index (χ0) is 15.4. The van der Waals surface area contributed by atoms with E-state index in [1.54, 1.807) is 0 Å². The van der Waals surface area contributed by atoms with Crippen molar-refractivity contribution in [3.8, 4) is 0 Å². The molecule has 1 amide bonds. The SMILES string of the molecule is Cc1cc(Br)cc(C)c1NCC(=O)Nc1cccc(Br)c1. The van der Waals surface area contributed by atoms with Gasteiger partial charge in [0.05, 0.1) is 6.54 Å². The van der Waals surface area contributed by atoms with Crippen molar-refractivity contribution in [2.75, 3.05) is 17.2 Å². The van der Waals surface area contributed by atoms with Crippen molar-refractivity contribution < 1.29 is 4.79 Å². The van der Waals surface area contributed by atoms with E-state index in [0.717, 1.165) is 31.4 Å². The number of halogens is 2. The Morgan fingerprint density at radius 3 is 2.33 bits per heavy atom. The molecule has 0 unspecified atom stereocenters. The molecule has 0 saturated heterocycles. The molecular weight excluding hydrogens is 396 g/mol. The molecule has 0 heterocycles. The maximum Gasteiger partial charge on any atom is 0.243 e. The Morgan fingerprint density at radius 1 is 1.05 bits per heavy atom. The van der Waals surface area contributed by atoms with E-state index in [1.807, 2.05) is 50.2 Å². The number of carbonyl (C=O) groups is 1. The number of amides is 1. The van der Waals surface area contributed by atoms with Gasteiger partial charge in [-0.15, -0.1) is 0 Å². The second-order valence-electron chi connectivity index (χ2n) is 4.83. The molecule has 0 aromatic heterocycles. The van der Waals surface area contributed by atoms with Crippen LogP contribution in [0.2, 0.25) is 0 Å². The fourth-order valence-corrected chi connectivity index (χ4v) is 3.22. The smallest absolute Gasteiger partial charge is 0.243 e. The first-order chi connectivity index (χ1) is 9.95. The zero-order valence-corrected chi connectivity index (χ0v) is 15.0.